The Labute approximate surface area is 166 Å². The van der Waals surface area contributed by atoms with E-state index in [1.54, 1.807) is 12.1 Å². The summed E-state index contributed by atoms with van der Waals surface area (Å²) in [5.41, 5.74) is 0.626. The molecule has 4 aliphatic rings. The molecule has 1 N–H and O–H groups in total. The van der Waals surface area contributed by atoms with Crippen molar-refractivity contribution < 1.29 is 22.9 Å². The fourth-order valence-electron chi connectivity index (χ4n) is 3.89. The van der Waals surface area contributed by atoms with Crippen LogP contribution >= 0.6 is 0 Å². The predicted octanol–water partition coefficient (Wildman–Crippen LogP) is 0.616. The highest BCUT2D eigenvalue weighted by molar-refractivity contribution is 6.60. The maximum absolute atomic E-state index is 12.6. The van der Waals surface area contributed by atoms with E-state index in [1.807, 2.05) is 18.2 Å². The number of anilines is 1. The van der Waals surface area contributed by atoms with Crippen molar-refractivity contribution in [2.75, 3.05) is 50.9 Å². The number of hydrogen-bond acceptors (Lipinski definition) is 7. The second kappa shape index (κ2) is 8.81. The summed E-state index contributed by atoms with van der Waals surface area (Å²) in [5, 5.41) is 3.23. The van der Waals surface area contributed by atoms with E-state index < -0.39 is 14.8 Å². The molecular weight excluding hydrogens is 378 g/mol. The SMILES string of the molecule is O=C1CC(NCCC[Si]23OCCN(CCO2)CCO3)C(=O)N1c1ccccc1. The minimum absolute atomic E-state index is 0.166. The molecule has 152 valence electrons. The van der Waals surface area contributed by atoms with Crippen LogP contribution in [0.4, 0.5) is 5.69 Å². The molecule has 4 heterocycles. The summed E-state index contributed by atoms with van der Waals surface area (Å²) in [4.78, 5) is 28.5. The first-order chi connectivity index (χ1) is 13.7. The molecule has 9 heteroatoms. The first-order valence-corrected chi connectivity index (χ1v) is 11.9. The van der Waals surface area contributed by atoms with Crippen molar-refractivity contribution in [2.45, 2.75) is 24.9 Å². The number of carbonyl (C=O) groups is 2. The van der Waals surface area contributed by atoms with Gasteiger partial charge in [-0.3, -0.25) is 14.5 Å². The van der Waals surface area contributed by atoms with Crippen LogP contribution in [0.3, 0.4) is 0 Å². The molecule has 2 bridgehead atoms. The second-order valence-electron chi connectivity index (χ2n) is 7.29. The first-order valence-electron chi connectivity index (χ1n) is 9.96. The molecular formula is C19H27N3O5Si. The van der Waals surface area contributed by atoms with E-state index in [2.05, 4.69) is 10.2 Å². The van der Waals surface area contributed by atoms with Crippen molar-refractivity contribution in [3.63, 3.8) is 0 Å². The molecule has 4 fully saturated rings. The molecule has 4 saturated heterocycles. The molecule has 0 aliphatic carbocycles. The second-order valence-corrected chi connectivity index (χ2v) is 10.0. The smallest absolute Gasteiger partial charge is 0.372 e. The lowest BCUT2D eigenvalue weighted by molar-refractivity contribution is -0.121. The third-order valence-electron chi connectivity index (χ3n) is 5.40. The van der Waals surface area contributed by atoms with Crippen LogP contribution in [0.5, 0.6) is 0 Å². The molecule has 1 atom stereocenters. The fourth-order valence-corrected chi connectivity index (χ4v) is 6.39. The Morgan fingerprint density at radius 2 is 1.64 bits per heavy atom. The molecule has 1 aromatic carbocycles. The Morgan fingerprint density at radius 1 is 1.00 bits per heavy atom. The number of rotatable bonds is 6. The predicted molar refractivity (Wildman–Crippen MR) is 105 cm³/mol. The normalized spacial score (nSPS) is 30.9. The van der Waals surface area contributed by atoms with Gasteiger partial charge in [0.1, 0.15) is 0 Å². The molecule has 1 aromatic rings. The largest absolute Gasteiger partial charge is 0.501 e. The zero-order valence-corrected chi connectivity index (χ0v) is 17.0. The van der Waals surface area contributed by atoms with Crippen LogP contribution in [-0.4, -0.2) is 77.6 Å². The molecule has 8 nitrogen and oxygen atoms in total. The highest BCUT2D eigenvalue weighted by atomic mass is 28.4. The van der Waals surface area contributed by atoms with Gasteiger partial charge in [0.2, 0.25) is 5.91 Å². The Hall–Kier alpha value is -1.62. The molecule has 28 heavy (non-hydrogen) atoms. The number of carbonyl (C=O) groups excluding carboxylic acids is 2. The Balaban J connectivity index is 1.28. The lowest BCUT2D eigenvalue weighted by Crippen LogP contribution is -2.55. The average molecular weight is 406 g/mol. The van der Waals surface area contributed by atoms with Gasteiger partial charge in [0.15, 0.2) is 0 Å². The van der Waals surface area contributed by atoms with Crippen LogP contribution in [0.1, 0.15) is 12.8 Å². The van der Waals surface area contributed by atoms with E-state index in [0.29, 0.717) is 32.1 Å². The van der Waals surface area contributed by atoms with Gasteiger partial charge in [-0.05, 0) is 25.1 Å². The lowest BCUT2D eigenvalue weighted by atomic mass is 10.2. The molecule has 0 saturated carbocycles. The highest BCUT2D eigenvalue weighted by Crippen LogP contribution is 2.24. The lowest BCUT2D eigenvalue weighted by Gasteiger charge is -2.38. The molecule has 5 rings (SSSR count). The van der Waals surface area contributed by atoms with Crippen LogP contribution in [0.25, 0.3) is 0 Å². The Bertz CT molecular complexity index is 678. The summed E-state index contributed by atoms with van der Waals surface area (Å²) in [6.07, 6.45) is 0.967. The summed E-state index contributed by atoms with van der Waals surface area (Å²) in [5.74, 6) is -0.353. The monoisotopic (exact) mass is 405 g/mol. The number of para-hydroxylation sites is 1. The van der Waals surface area contributed by atoms with Crippen molar-refractivity contribution in [3.8, 4) is 0 Å². The number of nitrogens with one attached hydrogen (secondary N) is 1. The number of benzene rings is 1. The number of imide groups is 1. The van der Waals surface area contributed by atoms with Crippen LogP contribution in [-0.2, 0) is 22.9 Å². The zero-order valence-electron chi connectivity index (χ0n) is 16.0. The van der Waals surface area contributed by atoms with Crippen LogP contribution in [0, 0.1) is 0 Å². The van der Waals surface area contributed by atoms with E-state index in [4.69, 9.17) is 13.3 Å². The van der Waals surface area contributed by atoms with E-state index in [1.165, 1.54) is 4.90 Å². The number of hydrogen-bond donors (Lipinski definition) is 1. The maximum atomic E-state index is 12.6. The Morgan fingerprint density at radius 3 is 2.29 bits per heavy atom. The minimum atomic E-state index is -2.63. The summed E-state index contributed by atoms with van der Waals surface area (Å²) >= 11 is 0. The van der Waals surface area contributed by atoms with E-state index in [0.717, 1.165) is 32.1 Å². The number of amides is 2. The van der Waals surface area contributed by atoms with Crippen molar-refractivity contribution in [1.82, 2.24) is 10.2 Å². The molecule has 0 radical (unpaired) electrons. The topological polar surface area (TPSA) is 80.3 Å². The summed E-state index contributed by atoms with van der Waals surface area (Å²) < 4.78 is 18.1. The number of nitrogens with zero attached hydrogens (tertiary/aromatic N) is 2. The van der Waals surface area contributed by atoms with Gasteiger partial charge in [0.25, 0.3) is 5.91 Å². The van der Waals surface area contributed by atoms with Gasteiger partial charge in [-0.2, -0.15) is 0 Å². The minimum Gasteiger partial charge on any atom is -0.372 e. The standard InChI is InChI=1S/C19H27N3O5Si/c23-18-15-17(19(24)22(18)16-5-2-1-3-6-16)20-7-4-14-28-25-11-8-21(9-12-26-28)10-13-27-28/h1-3,5-6,17,20H,4,7-15H2. The fraction of sp³-hybridized carbons (Fsp3) is 0.579. The van der Waals surface area contributed by atoms with Crippen molar-refractivity contribution in [3.05, 3.63) is 30.3 Å². The zero-order chi connectivity index (χ0) is 19.4. The number of fused-ring (bicyclic) bond motifs is 6. The van der Waals surface area contributed by atoms with Gasteiger partial charge in [-0.25, -0.2) is 4.90 Å². The van der Waals surface area contributed by atoms with E-state index in [9.17, 15) is 9.59 Å². The third-order valence-corrected chi connectivity index (χ3v) is 8.30. The van der Waals surface area contributed by atoms with Crippen molar-refractivity contribution in [2.24, 2.45) is 0 Å². The van der Waals surface area contributed by atoms with Gasteiger partial charge in [0, 0.05) is 25.7 Å². The van der Waals surface area contributed by atoms with Crippen LogP contribution in [0.2, 0.25) is 6.04 Å². The van der Waals surface area contributed by atoms with Gasteiger partial charge >= 0.3 is 8.80 Å². The van der Waals surface area contributed by atoms with E-state index >= 15 is 0 Å². The van der Waals surface area contributed by atoms with Crippen molar-refractivity contribution >= 4 is 26.3 Å². The molecule has 1 unspecified atom stereocenters. The van der Waals surface area contributed by atoms with Gasteiger partial charge in [0.05, 0.1) is 38.0 Å². The van der Waals surface area contributed by atoms with Crippen LogP contribution < -0.4 is 10.2 Å². The molecule has 0 aromatic heterocycles. The van der Waals surface area contributed by atoms with Crippen molar-refractivity contribution in [1.29, 1.82) is 0 Å². The highest BCUT2D eigenvalue weighted by Gasteiger charge is 2.44. The molecule has 4 aliphatic heterocycles. The van der Waals surface area contributed by atoms with Gasteiger partial charge in [-0.15, -0.1) is 0 Å². The summed E-state index contributed by atoms with van der Waals surface area (Å²) in [6, 6.07) is 9.31. The average Bonchev–Trinajstić information content (AvgIpc) is 2.93. The van der Waals surface area contributed by atoms with Gasteiger partial charge < -0.3 is 18.6 Å². The molecule has 2 amide bonds. The summed E-state index contributed by atoms with van der Waals surface area (Å²) in [7, 11) is -2.63. The van der Waals surface area contributed by atoms with Gasteiger partial charge in [-0.1, -0.05) is 18.2 Å². The van der Waals surface area contributed by atoms with E-state index in [-0.39, 0.29) is 18.2 Å². The summed E-state index contributed by atoms with van der Waals surface area (Å²) in [6.45, 7) is 5.31. The quantitative estimate of drug-likeness (QED) is 0.422. The Kier molecular flexibility index (Phi) is 6.19. The first kappa shape index (κ1) is 19.7. The molecule has 0 spiro atoms. The maximum Gasteiger partial charge on any atom is 0.501 e. The third kappa shape index (κ3) is 4.34. The van der Waals surface area contributed by atoms with Crippen LogP contribution in [0.15, 0.2) is 30.3 Å².